The summed E-state index contributed by atoms with van der Waals surface area (Å²) in [5.74, 6) is 0. The lowest BCUT2D eigenvalue weighted by Crippen LogP contribution is -2.32. The van der Waals surface area contributed by atoms with E-state index in [1.165, 1.54) is 22.3 Å². The molecule has 2 aromatic carbocycles. The van der Waals surface area contributed by atoms with Gasteiger partial charge in [-0.1, -0.05) is 61.9 Å². The monoisotopic (exact) mass is 366 g/mol. The Bertz CT molecular complexity index is 769. The van der Waals surface area contributed by atoms with E-state index in [2.05, 4.69) is 36.2 Å². The Hall–Kier alpha value is -2.82. The number of amidine groups is 1. The predicted octanol–water partition coefficient (Wildman–Crippen LogP) is 5.00. The summed E-state index contributed by atoms with van der Waals surface area (Å²) >= 11 is 0. The second-order valence-corrected chi connectivity index (χ2v) is 6.47. The number of aliphatic imine (C=N–C) groups is 1. The van der Waals surface area contributed by atoms with Crippen LogP contribution in [-0.2, 0) is 22.6 Å². The molecule has 1 aliphatic rings. The van der Waals surface area contributed by atoms with Crippen LogP contribution in [0, 0.1) is 0 Å². The molecule has 0 saturated heterocycles. The number of unbranched alkanes of at least 4 members (excludes halogenated alkanes) is 1. The fraction of sp³-hybridized carbons (Fsp3) is 0.364. The second kappa shape index (κ2) is 9.21. The third-order valence-corrected chi connectivity index (χ3v) is 4.50. The van der Waals surface area contributed by atoms with Crippen molar-refractivity contribution in [1.82, 2.24) is 4.90 Å². The SMILES string of the molecule is CCCCOC(=O)N=C(OCC)N1Cc2ccccc2-c2ccccc2C1. The van der Waals surface area contributed by atoms with Gasteiger partial charge < -0.3 is 14.4 Å². The molecule has 0 fully saturated rings. The highest BCUT2D eigenvalue weighted by Crippen LogP contribution is 2.32. The highest BCUT2D eigenvalue weighted by atomic mass is 16.6. The molecule has 0 bridgehead atoms. The summed E-state index contributed by atoms with van der Waals surface area (Å²) in [5, 5.41) is 0. The smallest absolute Gasteiger partial charge is 0.438 e. The van der Waals surface area contributed by atoms with E-state index >= 15 is 0 Å². The third-order valence-electron chi connectivity index (χ3n) is 4.50. The molecule has 5 nitrogen and oxygen atoms in total. The van der Waals surface area contributed by atoms with E-state index in [-0.39, 0.29) is 0 Å². The minimum absolute atomic E-state index is 0.311. The molecular formula is C22H26N2O3. The van der Waals surface area contributed by atoms with E-state index in [1.807, 2.05) is 36.1 Å². The Morgan fingerprint density at radius 3 is 2.11 bits per heavy atom. The van der Waals surface area contributed by atoms with Gasteiger partial charge in [-0.15, -0.1) is 4.99 Å². The predicted molar refractivity (Wildman–Crippen MR) is 106 cm³/mol. The van der Waals surface area contributed by atoms with E-state index in [9.17, 15) is 4.79 Å². The Kier molecular flexibility index (Phi) is 6.47. The van der Waals surface area contributed by atoms with Crippen molar-refractivity contribution in [3.8, 4) is 11.1 Å². The van der Waals surface area contributed by atoms with Gasteiger partial charge in [0.1, 0.15) is 0 Å². The van der Waals surface area contributed by atoms with Gasteiger partial charge in [0.25, 0.3) is 6.02 Å². The van der Waals surface area contributed by atoms with E-state index in [0.717, 1.165) is 12.8 Å². The maximum atomic E-state index is 12.1. The van der Waals surface area contributed by atoms with Crippen LogP contribution in [0.15, 0.2) is 53.5 Å². The van der Waals surface area contributed by atoms with Crippen molar-refractivity contribution >= 4 is 12.1 Å². The molecule has 1 aliphatic heterocycles. The maximum absolute atomic E-state index is 12.1. The number of nitrogens with zero attached hydrogens (tertiary/aromatic N) is 2. The fourth-order valence-corrected chi connectivity index (χ4v) is 3.18. The van der Waals surface area contributed by atoms with Crippen LogP contribution >= 0.6 is 0 Å². The molecule has 0 N–H and O–H groups in total. The van der Waals surface area contributed by atoms with Crippen LogP contribution in [0.3, 0.4) is 0 Å². The zero-order chi connectivity index (χ0) is 19.1. The first-order valence-electron chi connectivity index (χ1n) is 9.52. The first-order chi connectivity index (χ1) is 13.2. The highest BCUT2D eigenvalue weighted by molar-refractivity contribution is 5.87. The van der Waals surface area contributed by atoms with E-state index in [0.29, 0.717) is 32.3 Å². The molecule has 3 rings (SSSR count). The molecule has 0 unspecified atom stereocenters. The Morgan fingerprint density at radius 1 is 0.963 bits per heavy atom. The highest BCUT2D eigenvalue weighted by Gasteiger charge is 2.23. The molecule has 0 radical (unpaired) electrons. The summed E-state index contributed by atoms with van der Waals surface area (Å²) in [7, 11) is 0. The average molecular weight is 366 g/mol. The molecule has 27 heavy (non-hydrogen) atoms. The number of hydrogen-bond donors (Lipinski definition) is 0. The van der Waals surface area contributed by atoms with Gasteiger partial charge >= 0.3 is 6.09 Å². The molecule has 5 heteroatoms. The van der Waals surface area contributed by atoms with Crippen molar-refractivity contribution in [2.75, 3.05) is 13.2 Å². The minimum atomic E-state index is -0.599. The lowest BCUT2D eigenvalue weighted by molar-refractivity contribution is 0.152. The molecular weight excluding hydrogens is 340 g/mol. The van der Waals surface area contributed by atoms with Crippen LogP contribution < -0.4 is 0 Å². The molecule has 0 aromatic heterocycles. The lowest BCUT2D eigenvalue weighted by Gasteiger charge is -2.24. The molecule has 0 aliphatic carbocycles. The number of carbonyl (C=O) groups excluding carboxylic acids is 1. The summed E-state index contributed by atoms with van der Waals surface area (Å²) in [6.45, 7) is 5.98. The number of rotatable bonds is 4. The van der Waals surface area contributed by atoms with Crippen LogP contribution in [0.1, 0.15) is 37.8 Å². The summed E-state index contributed by atoms with van der Waals surface area (Å²) in [6.07, 6.45) is 1.20. The van der Waals surface area contributed by atoms with E-state index in [4.69, 9.17) is 9.47 Å². The normalized spacial score (nSPS) is 13.4. The summed E-state index contributed by atoms with van der Waals surface area (Å²) in [5.41, 5.74) is 4.76. The lowest BCUT2D eigenvalue weighted by atomic mass is 9.97. The Labute approximate surface area is 160 Å². The van der Waals surface area contributed by atoms with Gasteiger partial charge in [-0.05, 0) is 35.6 Å². The van der Waals surface area contributed by atoms with Crippen molar-refractivity contribution in [2.24, 2.45) is 4.99 Å². The van der Waals surface area contributed by atoms with Crippen LogP contribution in [0.2, 0.25) is 0 Å². The topological polar surface area (TPSA) is 51.1 Å². The van der Waals surface area contributed by atoms with Crippen molar-refractivity contribution in [3.63, 3.8) is 0 Å². The van der Waals surface area contributed by atoms with Crippen molar-refractivity contribution in [1.29, 1.82) is 0 Å². The molecule has 0 atom stereocenters. The number of amides is 1. The standard InChI is InChI=1S/C22H26N2O3/c1-3-5-14-27-22(25)23-21(26-4-2)24-15-17-10-6-8-12-19(17)20-13-9-7-11-18(20)16-24/h6-13H,3-5,14-16H2,1-2H3. The van der Waals surface area contributed by atoms with Gasteiger partial charge in [-0.2, -0.15) is 0 Å². The number of ether oxygens (including phenoxy) is 2. The third kappa shape index (κ3) is 4.67. The van der Waals surface area contributed by atoms with Crippen LogP contribution in [-0.4, -0.2) is 30.2 Å². The van der Waals surface area contributed by atoms with Crippen LogP contribution in [0.25, 0.3) is 11.1 Å². The van der Waals surface area contributed by atoms with Gasteiger partial charge in [0, 0.05) is 13.1 Å². The molecule has 0 saturated carbocycles. The molecule has 0 spiro atoms. The van der Waals surface area contributed by atoms with Gasteiger partial charge in [-0.25, -0.2) is 4.79 Å². The zero-order valence-electron chi connectivity index (χ0n) is 16.0. The molecule has 2 aromatic rings. The average Bonchev–Trinajstić information content (AvgIpc) is 2.85. The summed E-state index contributed by atoms with van der Waals surface area (Å²) < 4.78 is 10.9. The fourth-order valence-electron chi connectivity index (χ4n) is 3.18. The van der Waals surface area contributed by atoms with Crippen molar-refractivity contribution < 1.29 is 14.3 Å². The van der Waals surface area contributed by atoms with Crippen LogP contribution in [0.5, 0.6) is 0 Å². The summed E-state index contributed by atoms with van der Waals surface area (Å²) in [6, 6.07) is 16.9. The first-order valence-corrected chi connectivity index (χ1v) is 9.52. The van der Waals surface area contributed by atoms with E-state index < -0.39 is 6.09 Å². The molecule has 142 valence electrons. The second-order valence-electron chi connectivity index (χ2n) is 6.47. The number of hydrogen-bond acceptors (Lipinski definition) is 3. The van der Waals surface area contributed by atoms with Crippen LogP contribution in [0.4, 0.5) is 4.79 Å². The number of carbonyl (C=O) groups is 1. The first kappa shape index (κ1) is 19.0. The zero-order valence-corrected chi connectivity index (χ0v) is 16.0. The number of fused-ring (bicyclic) bond motifs is 3. The van der Waals surface area contributed by atoms with Crippen molar-refractivity contribution in [2.45, 2.75) is 39.8 Å². The van der Waals surface area contributed by atoms with Gasteiger partial charge in [-0.3, -0.25) is 0 Å². The molecule has 1 amide bonds. The minimum Gasteiger partial charge on any atom is -0.465 e. The van der Waals surface area contributed by atoms with Gasteiger partial charge in [0.05, 0.1) is 13.2 Å². The number of benzene rings is 2. The van der Waals surface area contributed by atoms with Crippen molar-refractivity contribution in [3.05, 3.63) is 59.7 Å². The largest absolute Gasteiger partial charge is 0.465 e. The van der Waals surface area contributed by atoms with E-state index in [1.54, 1.807) is 0 Å². The van der Waals surface area contributed by atoms with Gasteiger partial charge in [0.15, 0.2) is 0 Å². The Morgan fingerprint density at radius 2 is 1.56 bits per heavy atom. The maximum Gasteiger partial charge on any atom is 0.438 e. The molecule has 1 heterocycles. The van der Waals surface area contributed by atoms with Gasteiger partial charge in [0.2, 0.25) is 0 Å². The Balaban J connectivity index is 1.91. The quantitative estimate of drug-likeness (QED) is 0.434. The summed E-state index contributed by atoms with van der Waals surface area (Å²) in [4.78, 5) is 18.2.